The summed E-state index contributed by atoms with van der Waals surface area (Å²) in [5.74, 6) is 1.50. The summed E-state index contributed by atoms with van der Waals surface area (Å²) in [5, 5.41) is 7.91. The Morgan fingerprint density at radius 3 is 2.96 bits per heavy atom. The molecular weight excluding hydrogens is 310 g/mol. The normalized spacial score (nSPS) is 19.0. The Balaban J connectivity index is 1.69. The van der Waals surface area contributed by atoms with Gasteiger partial charge in [-0.1, -0.05) is 18.2 Å². The molecule has 1 atom stereocenters. The highest BCUT2D eigenvalue weighted by molar-refractivity contribution is 7.98. The van der Waals surface area contributed by atoms with Crippen molar-refractivity contribution in [1.29, 1.82) is 0 Å². The maximum atomic E-state index is 12.9. The van der Waals surface area contributed by atoms with Gasteiger partial charge in [0.1, 0.15) is 0 Å². The fraction of sp³-hybridized carbons (Fsp3) is 0.471. The molecule has 1 aromatic heterocycles. The van der Waals surface area contributed by atoms with E-state index in [0.29, 0.717) is 18.3 Å². The molecule has 1 unspecified atom stereocenters. The number of rotatable bonds is 5. The number of aryl methyl sites for hydroxylation is 1. The number of Topliss-reactive ketones (excluding diaryl/α,β-unsaturated/α-hetero) is 1. The Hall–Kier alpha value is -1.66. The summed E-state index contributed by atoms with van der Waals surface area (Å²) >= 11 is 1.63. The van der Waals surface area contributed by atoms with Gasteiger partial charge in [-0.15, -0.1) is 22.0 Å². The summed E-state index contributed by atoms with van der Waals surface area (Å²) in [4.78, 5) is 16.2. The van der Waals surface area contributed by atoms with Crippen LogP contribution in [-0.2, 0) is 6.54 Å². The van der Waals surface area contributed by atoms with Crippen LogP contribution in [0.2, 0.25) is 0 Å². The Bertz CT molecular complexity index is 686. The van der Waals surface area contributed by atoms with Crippen LogP contribution < -0.4 is 0 Å². The van der Waals surface area contributed by atoms with Crippen LogP contribution in [0.25, 0.3) is 0 Å². The van der Waals surface area contributed by atoms with Gasteiger partial charge in [-0.3, -0.25) is 9.69 Å². The summed E-state index contributed by atoms with van der Waals surface area (Å²) in [6, 6.07) is 7.87. The molecule has 6 heteroatoms. The summed E-state index contributed by atoms with van der Waals surface area (Å²) in [6.45, 7) is 4.13. The number of piperidine rings is 1. The van der Waals surface area contributed by atoms with Gasteiger partial charge in [0.2, 0.25) is 11.8 Å². The lowest BCUT2D eigenvalue weighted by molar-refractivity contribution is 0.0797. The summed E-state index contributed by atoms with van der Waals surface area (Å²) in [6.07, 6.45) is 3.98. The number of carbonyl (C=O) groups is 1. The second kappa shape index (κ2) is 7.27. The van der Waals surface area contributed by atoms with Gasteiger partial charge >= 0.3 is 0 Å². The van der Waals surface area contributed by atoms with Crippen LogP contribution in [0.3, 0.4) is 0 Å². The van der Waals surface area contributed by atoms with Gasteiger partial charge in [-0.2, -0.15) is 0 Å². The fourth-order valence-electron chi connectivity index (χ4n) is 3.07. The van der Waals surface area contributed by atoms with E-state index in [0.717, 1.165) is 36.4 Å². The van der Waals surface area contributed by atoms with Gasteiger partial charge in [-0.05, 0) is 31.7 Å². The number of ketones is 1. The molecule has 1 aliphatic heterocycles. The number of hydrogen-bond donors (Lipinski definition) is 0. The van der Waals surface area contributed by atoms with Crippen LogP contribution in [0, 0.1) is 12.8 Å². The lowest BCUT2D eigenvalue weighted by Gasteiger charge is -2.31. The quantitative estimate of drug-likeness (QED) is 0.619. The molecule has 0 radical (unpaired) electrons. The third kappa shape index (κ3) is 3.82. The minimum absolute atomic E-state index is 0.0427. The zero-order chi connectivity index (χ0) is 16.2. The van der Waals surface area contributed by atoms with E-state index in [9.17, 15) is 4.79 Å². The van der Waals surface area contributed by atoms with Gasteiger partial charge in [-0.25, -0.2) is 0 Å². The topological polar surface area (TPSA) is 59.2 Å². The van der Waals surface area contributed by atoms with Crippen LogP contribution in [0.4, 0.5) is 0 Å². The zero-order valence-electron chi connectivity index (χ0n) is 13.5. The SMILES string of the molecule is CSc1ccccc1C(=O)C1CCCN(Cc2nnc(C)o2)C1. The molecule has 1 aliphatic rings. The molecule has 3 rings (SSSR count). The molecule has 0 spiro atoms. The van der Waals surface area contributed by atoms with Crippen molar-refractivity contribution in [3.05, 3.63) is 41.6 Å². The molecule has 1 fully saturated rings. The van der Waals surface area contributed by atoms with E-state index < -0.39 is 0 Å². The maximum absolute atomic E-state index is 12.9. The first kappa shape index (κ1) is 16.2. The lowest BCUT2D eigenvalue weighted by atomic mass is 9.90. The van der Waals surface area contributed by atoms with Gasteiger partial charge in [0.05, 0.1) is 6.54 Å². The van der Waals surface area contributed by atoms with E-state index in [1.807, 2.05) is 30.5 Å². The largest absolute Gasteiger partial charge is 0.424 e. The van der Waals surface area contributed by atoms with Crippen LogP contribution in [0.1, 0.15) is 35.0 Å². The molecule has 0 amide bonds. The van der Waals surface area contributed by atoms with Crippen LogP contribution in [-0.4, -0.2) is 40.2 Å². The summed E-state index contributed by atoms with van der Waals surface area (Å²) < 4.78 is 5.45. The zero-order valence-corrected chi connectivity index (χ0v) is 14.3. The van der Waals surface area contributed by atoms with E-state index in [1.165, 1.54) is 0 Å². The molecule has 2 aromatic rings. The van der Waals surface area contributed by atoms with Crippen molar-refractivity contribution in [3.8, 4) is 0 Å². The highest BCUT2D eigenvalue weighted by Gasteiger charge is 2.28. The van der Waals surface area contributed by atoms with E-state index in [1.54, 1.807) is 18.7 Å². The number of aromatic nitrogens is 2. The van der Waals surface area contributed by atoms with Crippen molar-refractivity contribution in [2.45, 2.75) is 31.2 Å². The first-order valence-electron chi connectivity index (χ1n) is 7.86. The number of thioether (sulfide) groups is 1. The molecule has 1 aromatic carbocycles. The summed E-state index contributed by atoms with van der Waals surface area (Å²) in [5.41, 5.74) is 0.848. The molecule has 23 heavy (non-hydrogen) atoms. The van der Waals surface area contributed by atoms with Crippen molar-refractivity contribution in [2.24, 2.45) is 5.92 Å². The standard InChI is InChI=1S/C17H21N3O2S/c1-12-18-19-16(22-12)11-20-9-5-6-13(10-20)17(21)14-7-3-4-8-15(14)23-2/h3-4,7-8,13H,5-6,9-11H2,1-2H3. The first-order chi connectivity index (χ1) is 11.2. The Labute approximate surface area is 140 Å². The van der Waals surface area contributed by atoms with E-state index in [4.69, 9.17) is 4.42 Å². The third-order valence-corrected chi connectivity index (χ3v) is 4.97. The second-order valence-corrected chi connectivity index (χ2v) is 6.70. The molecule has 0 saturated carbocycles. The minimum Gasteiger partial charge on any atom is -0.424 e. The van der Waals surface area contributed by atoms with Gasteiger partial charge in [0.25, 0.3) is 0 Å². The van der Waals surface area contributed by atoms with Crippen molar-refractivity contribution >= 4 is 17.5 Å². The molecule has 0 aliphatic carbocycles. The van der Waals surface area contributed by atoms with Crippen molar-refractivity contribution in [1.82, 2.24) is 15.1 Å². The predicted molar refractivity (Wildman–Crippen MR) is 89.6 cm³/mol. The highest BCUT2D eigenvalue weighted by atomic mass is 32.2. The number of likely N-dealkylation sites (tertiary alicyclic amines) is 1. The van der Waals surface area contributed by atoms with Crippen molar-refractivity contribution in [2.75, 3.05) is 19.3 Å². The van der Waals surface area contributed by atoms with Gasteiger partial charge in [0.15, 0.2) is 5.78 Å². The Kier molecular flexibility index (Phi) is 5.13. The molecule has 0 N–H and O–H groups in total. The lowest BCUT2D eigenvalue weighted by Crippen LogP contribution is -2.38. The molecule has 1 saturated heterocycles. The number of carbonyl (C=O) groups excluding carboxylic acids is 1. The minimum atomic E-state index is 0.0427. The Morgan fingerprint density at radius 2 is 2.22 bits per heavy atom. The maximum Gasteiger partial charge on any atom is 0.230 e. The second-order valence-electron chi connectivity index (χ2n) is 5.85. The van der Waals surface area contributed by atoms with Gasteiger partial charge < -0.3 is 4.42 Å². The molecule has 2 heterocycles. The van der Waals surface area contributed by atoms with E-state index in [2.05, 4.69) is 15.1 Å². The van der Waals surface area contributed by atoms with Gasteiger partial charge in [0, 0.05) is 29.8 Å². The highest BCUT2D eigenvalue weighted by Crippen LogP contribution is 2.27. The van der Waals surface area contributed by atoms with E-state index >= 15 is 0 Å². The average Bonchev–Trinajstić information content (AvgIpc) is 2.99. The first-order valence-corrected chi connectivity index (χ1v) is 9.08. The molecule has 122 valence electrons. The smallest absolute Gasteiger partial charge is 0.230 e. The van der Waals surface area contributed by atoms with Crippen LogP contribution in [0.5, 0.6) is 0 Å². The van der Waals surface area contributed by atoms with Crippen LogP contribution in [0.15, 0.2) is 33.6 Å². The average molecular weight is 331 g/mol. The van der Waals surface area contributed by atoms with Crippen LogP contribution >= 0.6 is 11.8 Å². The number of benzene rings is 1. The molecule has 0 bridgehead atoms. The molecular formula is C17H21N3O2S. The molecule has 5 nitrogen and oxygen atoms in total. The monoisotopic (exact) mass is 331 g/mol. The third-order valence-electron chi connectivity index (χ3n) is 4.18. The van der Waals surface area contributed by atoms with Crippen molar-refractivity contribution < 1.29 is 9.21 Å². The predicted octanol–water partition coefficient (Wildman–Crippen LogP) is 3.19. The van der Waals surface area contributed by atoms with E-state index in [-0.39, 0.29) is 11.7 Å². The number of nitrogens with zero attached hydrogens (tertiary/aromatic N) is 3. The summed E-state index contributed by atoms with van der Waals surface area (Å²) in [7, 11) is 0. The Morgan fingerprint density at radius 1 is 1.39 bits per heavy atom. The van der Waals surface area contributed by atoms with Crippen molar-refractivity contribution in [3.63, 3.8) is 0 Å². The number of hydrogen-bond acceptors (Lipinski definition) is 6. The fourth-order valence-corrected chi connectivity index (χ4v) is 3.68.